The van der Waals surface area contributed by atoms with Crippen molar-refractivity contribution >= 4 is 11.8 Å². The van der Waals surface area contributed by atoms with Crippen LogP contribution in [0, 0.1) is 19.8 Å². The summed E-state index contributed by atoms with van der Waals surface area (Å²) < 4.78 is 4.99. The molecule has 1 fully saturated rings. The number of primary amides is 1. The molecule has 2 amide bonds. The quantitative estimate of drug-likeness (QED) is 0.834. The van der Waals surface area contributed by atoms with Gasteiger partial charge in [-0.3, -0.25) is 9.59 Å². The summed E-state index contributed by atoms with van der Waals surface area (Å²) in [6.45, 7) is 4.58. The fraction of sp³-hybridized carbons (Fsp3) is 0.583. The van der Waals surface area contributed by atoms with Crippen molar-refractivity contribution in [2.45, 2.75) is 26.7 Å². The van der Waals surface area contributed by atoms with Crippen LogP contribution in [0.25, 0.3) is 0 Å². The van der Waals surface area contributed by atoms with Gasteiger partial charge in [-0.25, -0.2) is 0 Å². The van der Waals surface area contributed by atoms with E-state index in [1.807, 2.05) is 0 Å². The van der Waals surface area contributed by atoms with Gasteiger partial charge in [-0.05, 0) is 26.7 Å². The van der Waals surface area contributed by atoms with Crippen LogP contribution in [0.15, 0.2) is 4.52 Å². The Kier molecular flexibility index (Phi) is 3.36. The molecule has 18 heavy (non-hydrogen) atoms. The number of hydrogen-bond acceptors (Lipinski definition) is 4. The van der Waals surface area contributed by atoms with Crippen molar-refractivity contribution in [2.75, 3.05) is 13.1 Å². The minimum Gasteiger partial charge on any atom is -0.369 e. The summed E-state index contributed by atoms with van der Waals surface area (Å²) in [4.78, 5) is 25.1. The highest BCUT2D eigenvalue weighted by Crippen LogP contribution is 2.21. The first-order valence-electron chi connectivity index (χ1n) is 6.02. The summed E-state index contributed by atoms with van der Waals surface area (Å²) in [5.74, 6) is 0.0712. The molecule has 0 bridgehead atoms. The van der Waals surface area contributed by atoms with E-state index in [-0.39, 0.29) is 17.7 Å². The van der Waals surface area contributed by atoms with Crippen LogP contribution in [-0.4, -0.2) is 35.0 Å². The minimum absolute atomic E-state index is 0.0748. The van der Waals surface area contributed by atoms with E-state index in [9.17, 15) is 9.59 Å². The number of nitrogens with zero attached hydrogens (tertiary/aromatic N) is 2. The van der Waals surface area contributed by atoms with Gasteiger partial charge in [0.05, 0.1) is 5.69 Å². The monoisotopic (exact) mass is 251 g/mol. The number of likely N-dealkylation sites (tertiary alicyclic amines) is 1. The van der Waals surface area contributed by atoms with Crippen molar-refractivity contribution in [1.82, 2.24) is 10.1 Å². The smallest absolute Gasteiger partial charge is 0.259 e. The highest BCUT2D eigenvalue weighted by atomic mass is 16.5. The van der Waals surface area contributed by atoms with Crippen LogP contribution in [-0.2, 0) is 4.79 Å². The van der Waals surface area contributed by atoms with E-state index in [1.165, 1.54) is 0 Å². The molecule has 0 aromatic carbocycles. The third-order valence-corrected chi connectivity index (χ3v) is 3.43. The summed E-state index contributed by atoms with van der Waals surface area (Å²) in [5, 5.41) is 3.78. The van der Waals surface area contributed by atoms with E-state index in [4.69, 9.17) is 10.3 Å². The van der Waals surface area contributed by atoms with Gasteiger partial charge in [-0.1, -0.05) is 5.16 Å². The Balaban J connectivity index is 2.06. The normalized spacial score (nSPS) is 16.9. The first-order valence-corrected chi connectivity index (χ1v) is 6.02. The van der Waals surface area contributed by atoms with Crippen molar-refractivity contribution in [3.63, 3.8) is 0 Å². The van der Waals surface area contributed by atoms with Gasteiger partial charge in [0.25, 0.3) is 5.91 Å². The van der Waals surface area contributed by atoms with Gasteiger partial charge < -0.3 is 15.2 Å². The standard InChI is InChI=1S/C12H17N3O3/c1-7-10(8(2)18-14-7)12(17)15-5-3-9(4-6-15)11(13)16/h9H,3-6H2,1-2H3,(H2,13,16). The first-order chi connectivity index (χ1) is 8.50. The number of nitrogens with two attached hydrogens (primary N) is 1. The van der Waals surface area contributed by atoms with Gasteiger partial charge in [0, 0.05) is 19.0 Å². The zero-order valence-electron chi connectivity index (χ0n) is 10.6. The highest BCUT2D eigenvalue weighted by Gasteiger charge is 2.29. The Bertz CT molecular complexity index is 453. The Morgan fingerprint density at radius 3 is 2.39 bits per heavy atom. The van der Waals surface area contributed by atoms with E-state index in [0.717, 1.165) is 0 Å². The fourth-order valence-corrected chi connectivity index (χ4v) is 2.31. The maximum Gasteiger partial charge on any atom is 0.259 e. The second kappa shape index (κ2) is 4.80. The fourth-order valence-electron chi connectivity index (χ4n) is 2.31. The van der Waals surface area contributed by atoms with Crippen LogP contribution in [0.1, 0.15) is 34.7 Å². The van der Waals surface area contributed by atoms with Gasteiger partial charge in [0.2, 0.25) is 5.91 Å². The molecule has 1 saturated heterocycles. The molecule has 2 rings (SSSR count). The minimum atomic E-state index is -0.278. The molecule has 1 aliphatic rings. The van der Waals surface area contributed by atoms with Crippen molar-refractivity contribution in [2.24, 2.45) is 11.7 Å². The number of aromatic nitrogens is 1. The van der Waals surface area contributed by atoms with Gasteiger partial charge in [0.15, 0.2) is 0 Å². The lowest BCUT2D eigenvalue weighted by Crippen LogP contribution is -2.42. The van der Waals surface area contributed by atoms with Crippen LogP contribution in [0.3, 0.4) is 0 Å². The molecular formula is C12H17N3O3. The number of aryl methyl sites for hydroxylation is 2. The molecule has 0 aliphatic carbocycles. The molecule has 0 atom stereocenters. The molecule has 1 aromatic rings. The number of carbonyl (C=O) groups is 2. The molecule has 1 aliphatic heterocycles. The molecule has 2 N–H and O–H groups in total. The van der Waals surface area contributed by atoms with Crippen LogP contribution >= 0.6 is 0 Å². The maximum atomic E-state index is 12.3. The number of hydrogen-bond donors (Lipinski definition) is 1. The van der Waals surface area contributed by atoms with Gasteiger partial charge in [0.1, 0.15) is 11.3 Å². The van der Waals surface area contributed by atoms with Crippen molar-refractivity contribution < 1.29 is 14.1 Å². The van der Waals surface area contributed by atoms with Gasteiger partial charge in [-0.15, -0.1) is 0 Å². The number of amides is 2. The predicted octanol–water partition coefficient (Wildman–Crippen LogP) is 0.629. The summed E-state index contributed by atoms with van der Waals surface area (Å²) in [7, 11) is 0. The van der Waals surface area contributed by atoms with E-state index in [2.05, 4.69) is 5.16 Å². The van der Waals surface area contributed by atoms with Crippen molar-refractivity contribution in [3.8, 4) is 0 Å². The zero-order valence-corrected chi connectivity index (χ0v) is 10.6. The molecule has 1 aromatic heterocycles. The number of rotatable bonds is 2. The lowest BCUT2D eigenvalue weighted by atomic mass is 9.96. The average Bonchev–Trinajstić information content (AvgIpc) is 2.68. The molecule has 98 valence electrons. The molecule has 2 heterocycles. The van der Waals surface area contributed by atoms with E-state index < -0.39 is 0 Å². The van der Waals surface area contributed by atoms with Crippen LogP contribution in [0.5, 0.6) is 0 Å². The summed E-state index contributed by atoms with van der Waals surface area (Å²) >= 11 is 0. The Morgan fingerprint density at radius 2 is 1.94 bits per heavy atom. The molecule has 6 nitrogen and oxygen atoms in total. The molecular weight excluding hydrogens is 234 g/mol. The summed E-state index contributed by atoms with van der Waals surface area (Å²) in [6.07, 6.45) is 1.26. The molecule has 0 saturated carbocycles. The highest BCUT2D eigenvalue weighted by molar-refractivity contribution is 5.96. The van der Waals surface area contributed by atoms with Crippen molar-refractivity contribution in [1.29, 1.82) is 0 Å². The van der Waals surface area contributed by atoms with E-state index in [0.29, 0.717) is 42.9 Å². The third-order valence-electron chi connectivity index (χ3n) is 3.43. The molecule has 6 heteroatoms. The summed E-state index contributed by atoms with van der Waals surface area (Å²) in [6, 6.07) is 0. The van der Waals surface area contributed by atoms with Crippen molar-refractivity contribution in [3.05, 3.63) is 17.0 Å². The lowest BCUT2D eigenvalue weighted by molar-refractivity contribution is -0.123. The number of piperidine rings is 1. The Labute approximate surface area is 105 Å². The lowest BCUT2D eigenvalue weighted by Gasteiger charge is -2.30. The zero-order chi connectivity index (χ0) is 13.3. The SMILES string of the molecule is Cc1noc(C)c1C(=O)N1CCC(C(N)=O)CC1. The molecule has 0 spiro atoms. The summed E-state index contributed by atoms with van der Waals surface area (Å²) in [5.41, 5.74) is 6.40. The van der Waals surface area contributed by atoms with E-state index >= 15 is 0 Å². The topological polar surface area (TPSA) is 89.4 Å². The average molecular weight is 251 g/mol. The van der Waals surface area contributed by atoms with E-state index in [1.54, 1.807) is 18.7 Å². The number of carbonyl (C=O) groups excluding carboxylic acids is 2. The second-order valence-electron chi connectivity index (χ2n) is 4.67. The molecule has 0 radical (unpaired) electrons. The molecule has 0 unspecified atom stereocenters. The third kappa shape index (κ3) is 2.23. The Hall–Kier alpha value is -1.85. The van der Waals surface area contributed by atoms with Gasteiger partial charge in [-0.2, -0.15) is 0 Å². The van der Waals surface area contributed by atoms with Crippen LogP contribution < -0.4 is 5.73 Å². The largest absolute Gasteiger partial charge is 0.369 e. The predicted molar refractivity (Wildman–Crippen MR) is 63.8 cm³/mol. The Morgan fingerprint density at radius 1 is 1.33 bits per heavy atom. The first kappa shape index (κ1) is 12.6. The maximum absolute atomic E-state index is 12.3. The second-order valence-corrected chi connectivity index (χ2v) is 4.67. The van der Waals surface area contributed by atoms with Crippen LogP contribution in [0.2, 0.25) is 0 Å². The van der Waals surface area contributed by atoms with Crippen LogP contribution in [0.4, 0.5) is 0 Å². The van der Waals surface area contributed by atoms with Gasteiger partial charge >= 0.3 is 0 Å².